The van der Waals surface area contributed by atoms with Crippen molar-refractivity contribution in [3.8, 4) is 0 Å². The Bertz CT molecular complexity index is 1200. The number of carbonyl (C=O) groups is 1. The van der Waals surface area contributed by atoms with Crippen molar-refractivity contribution in [2.75, 3.05) is 17.2 Å². The molecule has 0 aliphatic carbocycles. The van der Waals surface area contributed by atoms with Crippen LogP contribution in [0.5, 0.6) is 0 Å². The fourth-order valence-electron chi connectivity index (χ4n) is 3.13. The third-order valence-electron chi connectivity index (χ3n) is 4.42. The number of anilines is 4. The summed E-state index contributed by atoms with van der Waals surface area (Å²) in [7, 11) is 0. The molecule has 2 heterocycles. The van der Waals surface area contributed by atoms with Crippen molar-refractivity contribution in [3.05, 3.63) is 78.1 Å². The molecule has 0 aliphatic rings. The third kappa shape index (κ3) is 4.20. The van der Waals surface area contributed by atoms with Crippen LogP contribution in [-0.4, -0.2) is 27.5 Å². The molecule has 30 heavy (non-hydrogen) atoms. The molecule has 150 valence electrons. The number of carbonyl (C=O) groups excluding carboxylic acids is 1. The molecule has 2 aromatic heterocycles. The van der Waals surface area contributed by atoms with E-state index >= 15 is 0 Å². The second kappa shape index (κ2) is 8.57. The van der Waals surface area contributed by atoms with Gasteiger partial charge in [-0.3, -0.25) is 4.98 Å². The van der Waals surface area contributed by atoms with Crippen LogP contribution in [0.15, 0.2) is 66.9 Å². The van der Waals surface area contributed by atoms with Gasteiger partial charge in [-0.15, -0.1) is 0 Å². The minimum atomic E-state index is -0.383. The first-order chi connectivity index (χ1) is 14.6. The number of fused-ring (bicyclic) bond motifs is 1. The highest BCUT2D eigenvalue weighted by molar-refractivity contribution is 5.96. The summed E-state index contributed by atoms with van der Waals surface area (Å²) in [4.78, 5) is 25.7. The first-order valence-electron chi connectivity index (χ1n) is 9.63. The summed E-state index contributed by atoms with van der Waals surface area (Å²) in [5.74, 6) is 0.616. The zero-order valence-corrected chi connectivity index (χ0v) is 16.7. The average Bonchev–Trinajstić information content (AvgIpc) is 2.74. The highest BCUT2D eigenvalue weighted by Gasteiger charge is 2.13. The Hall–Kier alpha value is -4.00. The maximum Gasteiger partial charge on any atom is 0.340 e. The Kier molecular flexibility index (Phi) is 5.52. The molecule has 0 fully saturated rings. The van der Waals surface area contributed by atoms with Crippen LogP contribution >= 0.6 is 0 Å². The number of esters is 1. The lowest BCUT2D eigenvalue weighted by Gasteiger charge is -2.13. The Morgan fingerprint density at radius 1 is 0.967 bits per heavy atom. The fraction of sp³-hybridized carbons (Fsp3) is 0.130. The number of hydrogen-bond acceptors (Lipinski definition) is 7. The molecule has 0 aliphatic heterocycles. The van der Waals surface area contributed by atoms with E-state index in [2.05, 4.69) is 25.6 Å². The largest absolute Gasteiger partial charge is 0.462 e. The molecule has 0 saturated carbocycles. The van der Waals surface area contributed by atoms with Crippen LogP contribution in [0, 0.1) is 6.92 Å². The quantitative estimate of drug-likeness (QED) is 0.441. The molecule has 0 spiro atoms. The third-order valence-corrected chi connectivity index (χ3v) is 4.42. The topological polar surface area (TPSA) is 89.0 Å². The van der Waals surface area contributed by atoms with Crippen LogP contribution in [0.1, 0.15) is 23.0 Å². The normalized spacial score (nSPS) is 10.6. The molecule has 0 amide bonds. The van der Waals surface area contributed by atoms with E-state index in [1.165, 1.54) is 0 Å². The van der Waals surface area contributed by atoms with Crippen LogP contribution in [0.2, 0.25) is 0 Å². The lowest BCUT2D eigenvalue weighted by atomic mass is 10.2. The predicted molar refractivity (Wildman–Crippen MR) is 117 cm³/mol. The Labute approximate surface area is 174 Å². The van der Waals surface area contributed by atoms with E-state index in [9.17, 15) is 4.79 Å². The molecule has 4 aromatic rings. The number of ether oxygens (including phenoxy) is 1. The van der Waals surface area contributed by atoms with Crippen molar-refractivity contribution in [2.45, 2.75) is 13.8 Å². The van der Waals surface area contributed by atoms with Crippen molar-refractivity contribution in [2.24, 2.45) is 0 Å². The lowest BCUT2D eigenvalue weighted by Crippen LogP contribution is -2.09. The van der Waals surface area contributed by atoms with Crippen molar-refractivity contribution < 1.29 is 9.53 Å². The van der Waals surface area contributed by atoms with Gasteiger partial charge >= 0.3 is 5.97 Å². The van der Waals surface area contributed by atoms with E-state index in [0.29, 0.717) is 29.6 Å². The van der Waals surface area contributed by atoms with Gasteiger partial charge in [0.1, 0.15) is 5.82 Å². The second-order valence-electron chi connectivity index (χ2n) is 6.61. The van der Waals surface area contributed by atoms with E-state index in [4.69, 9.17) is 4.74 Å². The SMILES string of the molecule is CCOC(=O)c1ccccc1Nc1cc(C)nc(Nc2cccc3cccnc23)n1. The zero-order chi connectivity index (χ0) is 20.9. The van der Waals surface area contributed by atoms with Gasteiger partial charge in [-0.05, 0) is 38.1 Å². The summed E-state index contributed by atoms with van der Waals surface area (Å²) in [6.07, 6.45) is 1.75. The van der Waals surface area contributed by atoms with Gasteiger partial charge in [0.25, 0.3) is 0 Å². The van der Waals surface area contributed by atoms with E-state index in [1.807, 2.05) is 55.5 Å². The van der Waals surface area contributed by atoms with Crippen LogP contribution < -0.4 is 10.6 Å². The summed E-state index contributed by atoms with van der Waals surface area (Å²) in [5.41, 5.74) is 3.50. The number of pyridine rings is 1. The van der Waals surface area contributed by atoms with E-state index < -0.39 is 0 Å². The van der Waals surface area contributed by atoms with Crippen molar-refractivity contribution >= 4 is 40.0 Å². The minimum absolute atomic E-state index is 0.312. The number of aryl methyl sites for hydroxylation is 1. The molecule has 4 rings (SSSR count). The Balaban J connectivity index is 1.64. The molecule has 7 nitrogen and oxygen atoms in total. The molecule has 0 radical (unpaired) electrons. The average molecular weight is 399 g/mol. The molecular weight excluding hydrogens is 378 g/mol. The zero-order valence-electron chi connectivity index (χ0n) is 16.7. The van der Waals surface area contributed by atoms with Gasteiger partial charge in [0, 0.05) is 23.3 Å². The summed E-state index contributed by atoms with van der Waals surface area (Å²) >= 11 is 0. The summed E-state index contributed by atoms with van der Waals surface area (Å²) in [6, 6.07) is 18.8. The number of hydrogen-bond donors (Lipinski definition) is 2. The van der Waals surface area contributed by atoms with Crippen molar-refractivity contribution in [1.82, 2.24) is 15.0 Å². The van der Waals surface area contributed by atoms with Gasteiger partial charge in [-0.25, -0.2) is 9.78 Å². The highest BCUT2D eigenvalue weighted by atomic mass is 16.5. The highest BCUT2D eigenvalue weighted by Crippen LogP contribution is 2.25. The number of nitrogens with one attached hydrogen (secondary N) is 2. The van der Waals surface area contributed by atoms with Crippen LogP contribution in [0.3, 0.4) is 0 Å². The molecule has 0 bridgehead atoms. The van der Waals surface area contributed by atoms with Crippen LogP contribution in [0.25, 0.3) is 10.9 Å². The molecular formula is C23H21N5O2. The van der Waals surface area contributed by atoms with E-state index in [1.54, 1.807) is 25.3 Å². The number of para-hydroxylation sites is 2. The maximum absolute atomic E-state index is 12.2. The van der Waals surface area contributed by atoms with Gasteiger partial charge < -0.3 is 15.4 Å². The molecule has 0 unspecified atom stereocenters. The van der Waals surface area contributed by atoms with E-state index in [-0.39, 0.29) is 5.97 Å². The monoisotopic (exact) mass is 399 g/mol. The Morgan fingerprint density at radius 3 is 2.63 bits per heavy atom. The molecule has 0 atom stereocenters. The van der Waals surface area contributed by atoms with E-state index in [0.717, 1.165) is 22.3 Å². The summed E-state index contributed by atoms with van der Waals surface area (Å²) in [5, 5.41) is 7.49. The number of aromatic nitrogens is 3. The van der Waals surface area contributed by atoms with Crippen molar-refractivity contribution in [1.29, 1.82) is 0 Å². The first-order valence-corrected chi connectivity index (χ1v) is 9.63. The predicted octanol–water partition coefficient (Wildman–Crippen LogP) is 5.00. The first kappa shape index (κ1) is 19.3. The summed E-state index contributed by atoms with van der Waals surface area (Å²) < 4.78 is 5.14. The number of nitrogens with zero attached hydrogens (tertiary/aromatic N) is 3. The van der Waals surface area contributed by atoms with Crippen LogP contribution in [-0.2, 0) is 4.74 Å². The fourth-order valence-corrected chi connectivity index (χ4v) is 3.13. The standard InChI is InChI=1S/C23H21N5O2/c1-3-30-22(29)17-10-4-5-11-18(17)26-20-14-15(2)25-23(28-20)27-19-12-6-8-16-9-7-13-24-21(16)19/h4-14H,3H2,1-2H3,(H2,25,26,27,28). The van der Waals surface area contributed by atoms with Gasteiger partial charge in [0.2, 0.25) is 5.95 Å². The summed E-state index contributed by atoms with van der Waals surface area (Å²) in [6.45, 7) is 3.98. The molecule has 2 aromatic carbocycles. The van der Waals surface area contributed by atoms with Crippen LogP contribution in [0.4, 0.5) is 23.1 Å². The Morgan fingerprint density at radius 2 is 1.77 bits per heavy atom. The molecule has 0 saturated heterocycles. The second-order valence-corrected chi connectivity index (χ2v) is 6.61. The van der Waals surface area contributed by atoms with Gasteiger partial charge in [0.15, 0.2) is 0 Å². The van der Waals surface area contributed by atoms with Gasteiger partial charge in [0.05, 0.1) is 29.1 Å². The lowest BCUT2D eigenvalue weighted by molar-refractivity contribution is 0.0527. The van der Waals surface area contributed by atoms with Gasteiger partial charge in [-0.2, -0.15) is 4.98 Å². The minimum Gasteiger partial charge on any atom is -0.462 e. The number of rotatable bonds is 6. The number of benzene rings is 2. The van der Waals surface area contributed by atoms with Crippen molar-refractivity contribution in [3.63, 3.8) is 0 Å². The molecule has 2 N–H and O–H groups in total. The molecule has 7 heteroatoms. The smallest absolute Gasteiger partial charge is 0.340 e. The maximum atomic E-state index is 12.2. The van der Waals surface area contributed by atoms with Gasteiger partial charge in [-0.1, -0.05) is 30.3 Å².